The number of aliphatic carboxylic acids is 1. The fourth-order valence-electron chi connectivity index (χ4n) is 0.813. The number of rotatable bonds is 4. The second-order valence-electron chi connectivity index (χ2n) is 2.28. The Bertz CT molecular complexity index is 292. The largest absolute Gasteiger partial charge is 0.480 e. The van der Waals surface area contributed by atoms with E-state index >= 15 is 0 Å². The SMILES string of the molecule is CCC([C](O)O)(C(=O)O)S(=O)(=O)O. The van der Waals surface area contributed by atoms with Crippen molar-refractivity contribution < 1.29 is 33.1 Å². The standard InChI is InChI=1S/C5H9O7S/c1-2-5(3(6)7,4(8)9)13(10,11)12/h6-7H,2H2,1H3,(H,8,9)(H,10,11,12). The Hall–Kier alpha value is -0.700. The summed E-state index contributed by atoms with van der Waals surface area (Å²) in [6, 6.07) is 0. The normalized spacial score (nSPS) is 17.0. The lowest BCUT2D eigenvalue weighted by atomic mass is 10.1. The van der Waals surface area contributed by atoms with Gasteiger partial charge in [-0.15, -0.1) is 0 Å². The molecule has 0 aromatic heterocycles. The van der Waals surface area contributed by atoms with Gasteiger partial charge in [-0.3, -0.25) is 9.35 Å². The highest BCUT2D eigenvalue weighted by Crippen LogP contribution is 2.28. The lowest BCUT2D eigenvalue weighted by Gasteiger charge is -2.24. The van der Waals surface area contributed by atoms with E-state index in [0.717, 1.165) is 6.92 Å². The van der Waals surface area contributed by atoms with Gasteiger partial charge in [-0.25, -0.2) is 0 Å². The third-order valence-corrected chi connectivity index (χ3v) is 3.17. The number of aliphatic hydroxyl groups excluding tert-OH is 1. The maximum atomic E-state index is 10.6. The second-order valence-corrected chi connectivity index (χ2v) is 3.93. The molecule has 13 heavy (non-hydrogen) atoms. The molecule has 77 valence electrons. The van der Waals surface area contributed by atoms with Crippen LogP contribution in [0.25, 0.3) is 0 Å². The molecule has 0 heterocycles. The summed E-state index contributed by atoms with van der Waals surface area (Å²) in [4.78, 5) is 10.5. The molecule has 4 N–H and O–H groups in total. The molecule has 0 aromatic rings. The van der Waals surface area contributed by atoms with E-state index in [-0.39, 0.29) is 0 Å². The summed E-state index contributed by atoms with van der Waals surface area (Å²) in [7, 11) is -5.11. The van der Waals surface area contributed by atoms with Gasteiger partial charge in [-0.2, -0.15) is 8.42 Å². The number of carbonyl (C=O) groups is 1. The summed E-state index contributed by atoms with van der Waals surface area (Å²) in [5.74, 6) is -2.04. The van der Waals surface area contributed by atoms with Gasteiger partial charge in [0.2, 0.25) is 0 Å². The Morgan fingerprint density at radius 2 is 1.69 bits per heavy atom. The van der Waals surface area contributed by atoms with Gasteiger partial charge in [0, 0.05) is 0 Å². The highest BCUT2D eigenvalue weighted by atomic mass is 32.2. The predicted octanol–water partition coefficient (Wildman–Crippen LogP) is -0.658. The number of aliphatic hydroxyl groups is 2. The van der Waals surface area contributed by atoms with Crippen molar-refractivity contribution in [3.63, 3.8) is 0 Å². The van der Waals surface area contributed by atoms with E-state index < -0.39 is 33.5 Å². The lowest BCUT2D eigenvalue weighted by Crippen LogP contribution is -2.50. The van der Waals surface area contributed by atoms with Crippen LogP contribution in [0.5, 0.6) is 0 Å². The molecule has 0 saturated carbocycles. The molecular weight excluding hydrogens is 204 g/mol. The monoisotopic (exact) mass is 213 g/mol. The molecular formula is C5H9O7S. The topological polar surface area (TPSA) is 132 Å². The van der Waals surface area contributed by atoms with E-state index in [0.29, 0.717) is 0 Å². The first-order valence-corrected chi connectivity index (χ1v) is 4.60. The van der Waals surface area contributed by atoms with Gasteiger partial charge in [0.25, 0.3) is 21.2 Å². The Kier molecular flexibility index (Phi) is 3.39. The van der Waals surface area contributed by atoms with E-state index in [1.54, 1.807) is 0 Å². The molecule has 0 rings (SSSR count). The Balaban J connectivity index is 5.53. The van der Waals surface area contributed by atoms with Crippen LogP contribution in [0.3, 0.4) is 0 Å². The fraction of sp³-hybridized carbons (Fsp3) is 0.600. The van der Waals surface area contributed by atoms with E-state index in [2.05, 4.69) is 0 Å². The maximum absolute atomic E-state index is 10.6. The van der Waals surface area contributed by atoms with Gasteiger partial charge in [0.15, 0.2) is 0 Å². The number of carboxylic acid groups (broad SMARTS) is 1. The van der Waals surface area contributed by atoms with Crippen LogP contribution in [0.15, 0.2) is 0 Å². The van der Waals surface area contributed by atoms with Crippen LogP contribution >= 0.6 is 0 Å². The van der Waals surface area contributed by atoms with Crippen LogP contribution in [-0.2, 0) is 14.9 Å². The average molecular weight is 213 g/mol. The zero-order valence-corrected chi connectivity index (χ0v) is 7.45. The average Bonchev–Trinajstić information content (AvgIpc) is 1.83. The summed E-state index contributed by atoms with van der Waals surface area (Å²) in [6.45, 7) is 1.08. The molecule has 0 aliphatic rings. The zero-order chi connectivity index (χ0) is 10.9. The first kappa shape index (κ1) is 12.3. The Morgan fingerprint density at radius 1 is 1.31 bits per heavy atom. The van der Waals surface area contributed by atoms with Crippen molar-refractivity contribution >= 4 is 16.1 Å². The van der Waals surface area contributed by atoms with Crippen LogP contribution in [-0.4, -0.2) is 39.0 Å². The van der Waals surface area contributed by atoms with E-state index in [4.69, 9.17) is 19.9 Å². The highest BCUT2D eigenvalue weighted by Gasteiger charge is 2.56. The van der Waals surface area contributed by atoms with E-state index in [1.165, 1.54) is 0 Å². The van der Waals surface area contributed by atoms with Gasteiger partial charge in [0.1, 0.15) is 0 Å². The molecule has 0 aliphatic heterocycles. The van der Waals surface area contributed by atoms with Crippen LogP contribution in [0.4, 0.5) is 0 Å². The molecule has 0 aromatic carbocycles. The third-order valence-electron chi connectivity index (χ3n) is 1.64. The molecule has 1 unspecified atom stereocenters. The van der Waals surface area contributed by atoms with Gasteiger partial charge in [-0.1, -0.05) is 6.92 Å². The van der Waals surface area contributed by atoms with E-state index in [1.807, 2.05) is 0 Å². The summed E-state index contributed by atoms with van der Waals surface area (Å²) in [5, 5.41) is 25.5. The smallest absolute Gasteiger partial charge is 0.333 e. The fourth-order valence-corrected chi connectivity index (χ4v) is 1.63. The van der Waals surface area contributed by atoms with Crippen molar-refractivity contribution in [3.8, 4) is 0 Å². The molecule has 0 amide bonds. The van der Waals surface area contributed by atoms with Crippen molar-refractivity contribution in [2.75, 3.05) is 0 Å². The minimum absolute atomic E-state index is 0.691. The van der Waals surface area contributed by atoms with Crippen molar-refractivity contribution in [2.45, 2.75) is 18.1 Å². The van der Waals surface area contributed by atoms with Gasteiger partial charge in [0.05, 0.1) is 0 Å². The first-order valence-electron chi connectivity index (χ1n) is 3.16. The van der Waals surface area contributed by atoms with Gasteiger partial charge < -0.3 is 15.3 Å². The van der Waals surface area contributed by atoms with Crippen molar-refractivity contribution in [2.24, 2.45) is 0 Å². The van der Waals surface area contributed by atoms with Gasteiger partial charge in [-0.05, 0) is 6.42 Å². The molecule has 0 fully saturated rings. The quantitative estimate of drug-likeness (QED) is 0.456. The molecule has 1 atom stereocenters. The van der Waals surface area contributed by atoms with Crippen molar-refractivity contribution in [3.05, 3.63) is 6.29 Å². The number of hydrogen-bond donors (Lipinski definition) is 4. The molecule has 0 spiro atoms. The summed E-state index contributed by atoms with van der Waals surface area (Å²) < 4.78 is 26.7. The zero-order valence-electron chi connectivity index (χ0n) is 6.63. The van der Waals surface area contributed by atoms with Gasteiger partial charge >= 0.3 is 5.97 Å². The first-order chi connectivity index (χ1) is 5.70. The lowest BCUT2D eigenvalue weighted by molar-refractivity contribution is -0.144. The molecule has 0 saturated heterocycles. The summed E-state index contributed by atoms with van der Waals surface area (Å²) in [6.07, 6.45) is -2.55. The predicted molar refractivity (Wildman–Crippen MR) is 39.3 cm³/mol. The Labute approximate surface area is 74.4 Å². The number of carboxylic acids is 1. The molecule has 1 radical (unpaired) electrons. The highest BCUT2D eigenvalue weighted by molar-refractivity contribution is 7.88. The third kappa shape index (κ3) is 1.80. The second kappa shape index (κ2) is 3.58. The minimum atomic E-state index is -5.11. The molecule has 0 aliphatic carbocycles. The van der Waals surface area contributed by atoms with Crippen LogP contribution < -0.4 is 0 Å². The number of hydrogen-bond acceptors (Lipinski definition) is 5. The van der Waals surface area contributed by atoms with Crippen molar-refractivity contribution in [1.82, 2.24) is 0 Å². The maximum Gasteiger partial charge on any atom is 0.333 e. The summed E-state index contributed by atoms with van der Waals surface area (Å²) in [5.41, 5.74) is 0. The van der Waals surface area contributed by atoms with Crippen LogP contribution in [0.2, 0.25) is 0 Å². The molecule has 8 heteroatoms. The molecule has 7 nitrogen and oxygen atoms in total. The molecule has 0 bridgehead atoms. The van der Waals surface area contributed by atoms with Crippen molar-refractivity contribution in [1.29, 1.82) is 0 Å². The van der Waals surface area contributed by atoms with Crippen LogP contribution in [0, 0.1) is 6.29 Å². The summed E-state index contributed by atoms with van der Waals surface area (Å²) >= 11 is 0. The minimum Gasteiger partial charge on any atom is -0.480 e. The van der Waals surface area contributed by atoms with Crippen LogP contribution in [0.1, 0.15) is 13.3 Å². The van der Waals surface area contributed by atoms with E-state index in [9.17, 15) is 13.2 Å². The Morgan fingerprint density at radius 3 is 1.69 bits per heavy atom.